The summed E-state index contributed by atoms with van der Waals surface area (Å²) in [6, 6.07) is -0.333. The zero-order chi connectivity index (χ0) is 12.4. The molecule has 0 aliphatic rings. The van der Waals surface area contributed by atoms with E-state index in [0.29, 0.717) is 13.0 Å². The lowest BCUT2D eigenvalue weighted by Crippen LogP contribution is -2.42. The smallest absolute Gasteiger partial charge is 0.246 e. The van der Waals surface area contributed by atoms with E-state index in [1.165, 1.54) is 11.0 Å². The lowest BCUT2D eigenvalue weighted by Gasteiger charge is -2.25. The molecule has 15 heavy (non-hydrogen) atoms. The number of carbonyl (C=O) groups is 2. The minimum absolute atomic E-state index is 0.0806. The van der Waals surface area contributed by atoms with E-state index in [0.717, 1.165) is 0 Å². The van der Waals surface area contributed by atoms with E-state index in [-0.39, 0.29) is 17.7 Å². The van der Waals surface area contributed by atoms with Crippen molar-refractivity contribution >= 4 is 11.7 Å². The molecule has 0 fully saturated rings. The van der Waals surface area contributed by atoms with Gasteiger partial charge in [-0.2, -0.15) is 0 Å². The van der Waals surface area contributed by atoms with E-state index in [1.54, 1.807) is 13.8 Å². The topological polar surface area (TPSA) is 37.4 Å². The third kappa shape index (κ3) is 5.35. The molecule has 1 unspecified atom stereocenters. The van der Waals surface area contributed by atoms with Gasteiger partial charge in [0.1, 0.15) is 0 Å². The molecular weight excluding hydrogens is 190 g/mol. The summed E-state index contributed by atoms with van der Waals surface area (Å²) < 4.78 is 0. The van der Waals surface area contributed by atoms with Gasteiger partial charge in [-0.3, -0.25) is 9.59 Å². The summed E-state index contributed by atoms with van der Waals surface area (Å²) in [6.07, 6.45) is 1.70. The van der Waals surface area contributed by atoms with Crippen LogP contribution in [-0.4, -0.2) is 29.2 Å². The minimum atomic E-state index is -0.333. The predicted molar refractivity (Wildman–Crippen MR) is 63.7 cm³/mol. The number of nitrogens with zero attached hydrogens (tertiary/aromatic N) is 1. The largest absolute Gasteiger partial charge is 0.330 e. The first-order valence-corrected chi connectivity index (χ1v) is 5.54. The van der Waals surface area contributed by atoms with Crippen LogP contribution in [0.5, 0.6) is 0 Å². The average molecular weight is 213 g/mol. The molecule has 1 atom stereocenters. The molecule has 0 radical (unpaired) electrons. The van der Waals surface area contributed by atoms with Crippen molar-refractivity contribution < 1.29 is 9.59 Å². The fourth-order valence-corrected chi connectivity index (χ4v) is 1.21. The first kappa shape index (κ1) is 16.3. The van der Waals surface area contributed by atoms with Gasteiger partial charge in [-0.05, 0) is 19.9 Å². The first-order chi connectivity index (χ1) is 7.08. The second-order valence-electron chi connectivity index (χ2n) is 2.82. The van der Waals surface area contributed by atoms with Crippen LogP contribution < -0.4 is 0 Å². The van der Waals surface area contributed by atoms with Gasteiger partial charge in [-0.15, -0.1) is 0 Å². The highest BCUT2D eigenvalue weighted by Crippen LogP contribution is 2.03. The fourth-order valence-electron chi connectivity index (χ4n) is 1.21. The number of amides is 1. The zero-order valence-electron chi connectivity index (χ0n) is 10.5. The van der Waals surface area contributed by atoms with Crippen LogP contribution >= 0.6 is 0 Å². The second-order valence-corrected chi connectivity index (χ2v) is 2.82. The molecule has 0 saturated carbocycles. The molecule has 3 heteroatoms. The maximum Gasteiger partial charge on any atom is 0.246 e. The molecule has 0 N–H and O–H groups in total. The molecule has 0 aromatic heterocycles. The van der Waals surface area contributed by atoms with Crippen molar-refractivity contribution in [2.24, 2.45) is 0 Å². The fraction of sp³-hybridized carbons (Fsp3) is 0.667. The normalized spacial score (nSPS) is 10.7. The summed E-state index contributed by atoms with van der Waals surface area (Å²) in [6.45, 7) is 13.3. The predicted octanol–water partition coefficient (Wildman–Crippen LogP) is 2.41. The molecular formula is C12H23NO2. The van der Waals surface area contributed by atoms with E-state index in [1.807, 2.05) is 20.8 Å². The summed E-state index contributed by atoms with van der Waals surface area (Å²) in [5.41, 5.74) is 0. The Morgan fingerprint density at radius 3 is 2.07 bits per heavy atom. The summed E-state index contributed by atoms with van der Waals surface area (Å²) in [5, 5.41) is 0. The molecule has 0 bridgehead atoms. The molecule has 3 nitrogen and oxygen atoms in total. The van der Waals surface area contributed by atoms with Gasteiger partial charge in [-0.1, -0.05) is 27.4 Å². The lowest BCUT2D eigenvalue weighted by atomic mass is 10.1. The molecule has 0 aromatic carbocycles. The zero-order valence-corrected chi connectivity index (χ0v) is 10.5. The summed E-state index contributed by atoms with van der Waals surface area (Å²) in [4.78, 5) is 24.1. The van der Waals surface area contributed by atoms with Crippen LogP contribution in [0.4, 0.5) is 0 Å². The third-order valence-corrected chi connectivity index (χ3v) is 2.08. The highest BCUT2D eigenvalue weighted by atomic mass is 16.2. The molecule has 88 valence electrons. The van der Waals surface area contributed by atoms with E-state index in [4.69, 9.17) is 0 Å². The minimum Gasteiger partial charge on any atom is -0.330 e. The van der Waals surface area contributed by atoms with Crippen LogP contribution in [0.15, 0.2) is 12.7 Å². The lowest BCUT2D eigenvalue weighted by molar-refractivity contribution is -0.135. The summed E-state index contributed by atoms with van der Waals surface area (Å²) in [7, 11) is 0. The summed E-state index contributed by atoms with van der Waals surface area (Å²) in [5.74, 6) is -0.103. The van der Waals surface area contributed by atoms with E-state index >= 15 is 0 Å². The molecule has 0 aliphatic heterocycles. The van der Waals surface area contributed by atoms with Crippen molar-refractivity contribution in [2.75, 3.05) is 6.54 Å². The van der Waals surface area contributed by atoms with Gasteiger partial charge in [0.2, 0.25) is 5.91 Å². The Morgan fingerprint density at radius 2 is 1.80 bits per heavy atom. The number of Topliss-reactive ketones (excluding diaryl/α,β-unsaturated/α-hetero) is 1. The average Bonchev–Trinajstić information content (AvgIpc) is 2.30. The van der Waals surface area contributed by atoms with Crippen molar-refractivity contribution in [1.29, 1.82) is 0 Å². The van der Waals surface area contributed by atoms with Gasteiger partial charge in [0.25, 0.3) is 0 Å². The number of rotatable bonds is 5. The number of ketones is 1. The van der Waals surface area contributed by atoms with Gasteiger partial charge in [0.05, 0.1) is 6.04 Å². The van der Waals surface area contributed by atoms with Gasteiger partial charge < -0.3 is 4.90 Å². The SMILES string of the molecule is C=CC(=O)N(CC)C(C)C(=O)CC.CC. The number of hydrogen-bond donors (Lipinski definition) is 0. The van der Waals surface area contributed by atoms with Crippen molar-refractivity contribution in [3.05, 3.63) is 12.7 Å². The molecule has 0 aromatic rings. The molecule has 1 amide bonds. The van der Waals surface area contributed by atoms with E-state index in [9.17, 15) is 9.59 Å². The van der Waals surface area contributed by atoms with E-state index in [2.05, 4.69) is 6.58 Å². The highest BCUT2D eigenvalue weighted by molar-refractivity contribution is 5.93. The number of likely N-dealkylation sites (N-methyl/N-ethyl adjacent to an activating group) is 1. The van der Waals surface area contributed by atoms with Gasteiger partial charge in [0, 0.05) is 13.0 Å². The van der Waals surface area contributed by atoms with Gasteiger partial charge >= 0.3 is 0 Å². The molecule has 0 aliphatic carbocycles. The number of hydrogen-bond acceptors (Lipinski definition) is 2. The van der Waals surface area contributed by atoms with Gasteiger partial charge in [-0.25, -0.2) is 0 Å². The second kappa shape index (κ2) is 9.44. The molecule has 0 spiro atoms. The Bertz CT molecular complexity index is 212. The van der Waals surface area contributed by atoms with Crippen molar-refractivity contribution in [1.82, 2.24) is 4.90 Å². The standard InChI is InChI=1S/C10H17NO2.C2H6/c1-5-9(12)8(4)11(7-3)10(13)6-2;1-2/h6,8H,2,5,7H2,1,3-4H3;1-2H3. The Kier molecular flexibility index (Phi) is 10.3. The monoisotopic (exact) mass is 213 g/mol. The van der Waals surface area contributed by atoms with E-state index < -0.39 is 0 Å². The Labute approximate surface area is 93.2 Å². The maximum atomic E-state index is 11.3. The maximum absolute atomic E-state index is 11.3. The van der Waals surface area contributed by atoms with Crippen LogP contribution in [0.1, 0.15) is 41.0 Å². The van der Waals surface area contributed by atoms with Crippen molar-refractivity contribution in [2.45, 2.75) is 47.1 Å². The van der Waals surface area contributed by atoms with Crippen LogP contribution in [-0.2, 0) is 9.59 Å². The van der Waals surface area contributed by atoms with Crippen molar-refractivity contribution in [3.63, 3.8) is 0 Å². The quantitative estimate of drug-likeness (QED) is 0.658. The molecule has 0 rings (SSSR count). The third-order valence-electron chi connectivity index (χ3n) is 2.08. The number of carbonyl (C=O) groups excluding carboxylic acids is 2. The molecule has 0 saturated heterocycles. The highest BCUT2D eigenvalue weighted by Gasteiger charge is 2.20. The Hall–Kier alpha value is -1.12. The van der Waals surface area contributed by atoms with Crippen LogP contribution in [0, 0.1) is 0 Å². The van der Waals surface area contributed by atoms with Crippen LogP contribution in [0.2, 0.25) is 0 Å². The Morgan fingerprint density at radius 1 is 1.33 bits per heavy atom. The Balaban J connectivity index is 0. The summed E-state index contributed by atoms with van der Waals surface area (Å²) >= 11 is 0. The molecule has 0 heterocycles. The van der Waals surface area contributed by atoms with Crippen LogP contribution in [0.3, 0.4) is 0 Å². The van der Waals surface area contributed by atoms with Crippen LogP contribution in [0.25, 0.3) is 0 Å². The first-order valence-electron chi connectivity index (χ1n) is 5.54. The van der Waals surface area contributed by atoms with Gasteiger partial charge in [0.15, 0.2) is 5.78 Å². The van der Waals surface area contributed by atoms with Crippen molar-refractivity contribution in [3.8, 4) is 0 Å².